The van der Waals surface area contributed by atoms with Crippen LogP contribution < -0.4 is 14.8 Å². The predicted molar refractivity (Wildman–Crippen MR) is 118 cm³/mol. The zero-order valence-electron chi connectivity index (χ0n) is 17.6. The first-order valence-electron chi connectivity index (χ1n) is 10.1. The molecular weight excluding hydrogens is 392 g/mol. The van der Waals surface area contributed by atoms with Gasteiger partial charge in [0.25, 0.3) is 11.8 Å². The van der Waals surface area contributed by atoms with E-state index < -0.39 is 0 Å². The SMILES string of the molecule is COc1ccc(C)cc1NC(=O)c1ccc2c(c1)CN(Cc1ccccc1)C(=O)CO2. The number of methoxy groups -OCH3 is 1. The minimum atomic E-state index is -0.253. The molecule has 0 spiro atoms. The highest BCUT2D eigenvalue weighted by molar-refractivity contribution is 6.05. The molecule has 0 saturated heterocycles. The van der Waals surface area contributed by atoms with Crippen LogP contribution in [-0.4, -0.2) is 30.4 Å². The van der Waals surface area contributed by atoms with Gasteiger partial charge in [-0.1, -0.05) is 36.4 Å². The minimum Gasteiger partial charge on any atom is -0.495 e. The van der Waals surface area contributed by atoms with Crippen molar-refractivity contribution in [3.63, 3.8) is 0 Å². The fourth-order valence-electron chi connectivity index (χ4n) is 3.57. The van der Waals surface area contributed by atoms with Gasteiger partial charge in [0.2, 0.25) is 0 Å². The Hall–Kier alpha value is -3.80. The summed E-state index contributed by atoms with van der Waals surface area (Å²) < 4.78 is 11.0. The molecule has 3 aromatic carbocycles. The maximum absolute atomic E-state index is 12.9. The van der Waals surface area contributed by atoms with Gasteiger partial charge in [0, 0.05) is 24.2 Å². The Labute approximate surface area is 181 Å². The van der Waals surface area contributed by atoms with Gasteiger partial charge >= 0.3 is 0 Å². The third-order valence-electron chi connectivity index (χ3n) is 5.21. The van der Waals surface area contributed by atoms with Crippen LogP contribution in [-0.2, 0) is 17.9 Å². The van der Waals surface area contributed by atoms with Crippen molar-refractivity contribution in [1.29, 1.82) is 0 Å². The van der Waals surface area contributed by atoms with Gasteiger partial charge in [-0.15, -0.1) is 0 Å². The van der Waals surface area contributed by atoms with Crippen LogP contribution in [0.1, 0.15) is 27.0 Å². The quantitative estimate of drug-likeness (QED) is 0.678. The van der Waals surface area contributed by atoms with Gasteiger partial charge in [-0.25, -0.2) is 0 Å². The normalized spacial score (nSPS) is 13.1. The first kappa shape index (κ1) is 20.5. The molecule has 4 rings (SSSR count). The number of nitrogens with zero attached hydrogens (tertiary/aromatic N) is 1. The first-order valence-corrected chi connectivity index (χ1v) is 10.1. The number of hydrogen-bond donors (Lipinski definition) is 1. The van der Waals surface area contributed by atoms with Crippen molar-refractivity contribution in [1.82, 2.24) is 4.90 Å². The van der Waals surface area contributed by atoms with Gasteiger partial charge in [0.05, 0.1) is 12.8 Å². The summed E-state index contributed by atoms with van der Waals surface area (Å²) in [4.78, 5) is 27.2. The summed E-state index contributed by atoms with van der Waals surface area (Å²) in [5.74, 6) is 0.873. The van der Waals surface area contributed by atoms with E-state index in [2.05, 4.69) is 5.32 Å². The van der Waals surface area contributed by atoms with Crippen molar-refractivity contribution in [2.75, 3.05) is 19.0 Å². The highest BCUT2D eigenvalue weighted by Gasteiger charge is 2.23. The lowest BCUT2D eigenvalue weighted by molar-refractivity contribution is -0.133. The van der Waals surface area contributed by atoms with E-state index in [9.17, 15) is 9.59 Å². The van der Waals surface area contributed by atoms with Gasteiger partial charge in [-0.2, -0.15) is 0 Å². The number of ether oxygens (including phenoxy) is 2. The second-order valence-corrected chi connectivity index (χ2v) is 7.50. The summed E-state index contributed by atoms with van der Waals surface area (Å²) in [7, 11) is 1.57. The summed E-state index contributed by atoms with van der Waals surface area (Å²) in [5, 5.41) is 2.92. The van der Waals surface area contributed by atoms with Crippen LogP contribution in [0.3, 0.4) is 0 Å². The highest BCUT2D eigenvalue weighted by Crippen LogP contribution is 2.28. The van der Waals surface area contributed by atoms with E-state index in [0.717, 1.165) is 16.7 Å². The van der Waals surface area contributed by atoms with Crippen molar-refractivity contribution < 1.29 is 19.1 Å². The number of rotatable bonds is 5. The molecule has 0 fully saturated rings. The molecule has 0 atom stereocenters. The Morgan fingerprint density at radius 2 is 1.90 bits per heavy atom. The number of benzene rings is 3. The van der Waals surface area contributed by atoms with Gasteiger partial charge in [-0.05, 0) is 48.4 Å². The van der Waals surface area contributed by atoms with Crippen molar-refractivity contribution in [2.24, 2.45) is 0 Å². The van der Waals surface area contributed by atoms with Crippen molar-refractivity contribution >= 4 is 17.5 Å². The van der Waals surface area contributed by atoms with E-state index in [1.165, 1.54) is 0 Å². The van der Waals surface area contributed by atoms with Crippen molar-refractivity contribution in [2.45, 2.75) is 20.0 Å². The predicted octanol–water partition coefficient (Wildman–Crippen LogP) is 4.18. The largest absolute Gasteiger partial charge is 0.495 e. The lowest BCUT2D eigenvalue weighted by Gasteiger charge is -2.20. The smallest absolute Gasteiger partial charge is 0.261 e. The number of amides is 2. The van der Waals surface area contributed by atoms with Crippen LogP contribution in [0.15, 0.2) is 66.7 Å². The van der Waals surface area contributed by atoms with E-state index in [4.69, 9.17) is 9.47 Å². The first-order chi connectivity index (χ1) is 15.0. The molecule has 0 radical (unpaired) electrons. The summed E-state index contributed by atoms with van der Waals surface area (Å²) in [5.41, 5.74) is 3.95. The fourth-order valence-corrected chi connectivity index (χ4v) is 3.57. The summed E-state index contributed by atoms with van der Waals surface area (Å²) >= 11 is 0. The summed E-state index contributed by atoms with van der Waals surface area (Å²) in [6.07, 6.45) is 0. The number of carbonyl (C=O) groups excluding carboxylic acids is 2. The monoisotopic (exact) mass is 416 g/mol. The minimum absolute atomic E-state index is 0.0220. The summed E-state index contributed by atoms with van der Waals surface area (Å²) in [6.45, 7) is 2.79. The maximum Gasteiger partial charge on any atom is 0.261 e. The third kappa shape index (κ3) is 4.69. The molecule has 31 heavy (non-hydrogen) atoms. The van der Waals surface area contributed by atoms with Gasteiger partial charge in [0.15, 0.2) is 6.61 Å². The van der Waals surface area contributed by atoms with Crippen molar-refractivity contribution in [3.8, 4) is 11.5 Å². The van der Waals surface area contributed by atoms with E-state index in [-0.39, 0.29) is 18.4 Å². The van der Waals surface area contributed by atoms with Crippen molar-refractivity contribution in [3.05, 3.63) is 89.0 Å². The number of fused-ring (bicyclic) bond motifs is 1. The second kappa shape index (κ2) is 8.92. The van der Waals surface area contributed by atoms with E-state index in [1.807, 2.05) is 55.5 Å². The fraction of sp³-hybridized carbons (Fsp3) is 0.200. The number of anilines is 1. The average molecular weight is 416 g/mol. The molecule has 3 aromatic rings. The zero-order valence-corrected chi connectivity index (χ0v) is 17.6. The number of aryl methyl sites for hydroxylation is 1. The Bertz CT molecular complexity index is 1110. The molecule has 0 unspecified atom stereocenters. The Balaban J connectivity index is 1.56. The average Bonchev–Trinajstić information content (AvgIpc) is 2.93. The Morgan fingerprint density at radius 3 is 2.68 bits per heavy atom. The van der Waals surface area contributed by atoms with Gasteiger partial charge in [0.1, 0.15) is 11.5 Å². The molecule has 1 aliphatic heterocycles. The molecule has 158 valence electrons. The molecule has 2 amide bonds. The van der Waals surface area contributed by atoms with E-state index >= 15 is 0 Å². The Kier molecular flexibility index (Phi) is 5.89. The molecular formula is C25H24N2O4. The summed E-state index contributed by atoms with van der Waals surface area (Å²) in [6, 6.07) is 20.7. The lowest BCUT2D eigenvalue weighted by atomic mass is 10.1. The molecule has 0 aliphatic carbocycles. The van der Waals surface area contributed by atoms with Crippen LogP contribution in [0, 0.1) is 6.92 Å². The van der Waals surface area contributed by atoms with Crippen LogP contribution in [0.25, 0.3) is 0 Å². The molecule has 0 aromatic heterocycles. The highest BCUT2D eigenvalue weighted by atomic mass is 16.5. The van der Waals surface area contributed by atoms with Crippen LogP contribution >= 0.6 is 0 Å². The molecule has 6 heteroatoms. The standard InChI is InChI=1S/C25H24N2O4/c1-17-8-10-23(30-2)21(12-17)26-25(29)19-9-11-22-20(13-19)15-27(24(28)16-31-22)14-18-6-4-3-5-7-18/h3-13H,14-16H2,1-2H3,(H,26,29). The van der Waals surface area contributed by atoms with Crippen LogP contribution in [0.5, 0.6) is 11.5 Å². The topological polar surface area (TPSA) is 67.9 Å². The maximum atomic E-state index is 12.9. The molecule has 0 saturated carbocycles. The lowest BCUT2D eigenvalue weighted by Crippen LogP contribution is -2.31. The van der Waals surface area contributed by atoms with E-state index in [1.54, 1.807) is 30.2 Å². The number of nitrogens with one attached hydrogen (secondary N) is 1. The third-order valence-corrected chi connectivity index (χ3v) is 5.21. The second-order valence-electron chi connectivity index (χ2n) is 7.50. The number of carbonyl (C=O) groups is 2. The molecule has 6 nitrogen and oxygen atoms in total. The van der Waals surface area contributed by atoms with Gasteiger partial charge < -0.3 is 19.7 Å². The van der Waals surface area contributed by atoms with Crippen LogP contribution in [0.4, 0.5) is 5.69 Å². The molecule has 0 bridgehead atoms. The Morgan fingerprint density at radius 1 is 1.10 bits per heavy atom. The van der Waals surface area contributed by atoms with Crippen LogP contribution in [0.2, 0.25) is 0 Å². The van der Waals surface area contributed by atoms with E-state index in [0.29, 0.717) is 35.8 Å². The molecule has 1 aliphatic rings. The molecule has 1 N–H and O–H groups in total. The molecule has 1 heterocycles. The zero-order chi connectivity index (χ0) is 21.8. The number of hydrogen-bond acceptors (Lipinski definition) is 4. The van der Waals surface area contributed by atoms with Gasteiger partial charge in [-0.3, -0.25) is 9.59 Å².